The molecule has 0 amide bonds. The van der Waals surface area contributed by atoms with E-state index in [4.69, 9.17) is 19.2 Å². The highest BCUT2D eigenvalue weighted by molar-refractivity contribution is 7.99. The van der Waals surface area contributed by atoms with Crippen molar-refractivity contribution in [3.63, 3.8) is 0 Å². The van der Waals surface area contributed by atoms with Crippen molar-refractivity contribution < 1.29 is 14.2 Å². The molecule has 0 N–H and O–H groups in total. The molecule has 0 radical (unpaired) electrons. The minimum absolute atomic E-state index is 0.281. The third-order valence-corrected chi connectivity index (χ3v) is 6.35. The zero-order valence-corrected chi connectivity index (χ0v) is 17.1. The first-order chi connectivity index (χ1) is 14.3. The van der Waals surface area contributed by atoms with E-state index in [-0.39, 0.29) is 6.79 Å². The van der Waals surface area contributed by atoms with Gasteiger partial charge >= 0.3 is 0 Å². The van der Waals surface area contributed by atoms with Crippen LogP contribution in [0.4, 0.5) is 0 Å². The predicted molar refractivity (Wildman–Crippen MR) is 115 cm³/mol. The highest BCUT2D eigenvalue weighted by atomic mass is 32.2. The molecule has 5 nitrogen and oxygen atoms in total. The van der Waals surface area contributed by atoms with Gasteiger partial charge in [0.1, 0.15) is 5.03 Å². The van der Waals surface area contributed by atoms with E-state index in [1.807, 2.05) is 23.9 Å². The number of fused-ring (bicyclic) bond motifs is 2. The number of nitrogens with zero attached hydrogens (tertiary/aromatic N) is 2. The third kappa shape index (κ3) is 4.34. The van der Waals surface area contributed by atoms with Crippen LogP contribution in [0.25, 0.3) is 10.9 Å². The van der Waals surface area contributed by atoms with E-state index in [1.54, 1.807) is 0 Å². The Morgan fingerprint density at radius 2 is 1.76 bits per heavy atom. The molecule has 2 aromatic carbocycles. The minimum atomic E-state index is 0.281. The molecule has 0 unspecified atom stereocenters. The standard InChI is InChI=1S/C23H24N2O3S/c1-2-4-17(5-3-1)12-19-13-18-14-21-22(28-16-27-21)15-20(18)24-23(19)29-11-8-25-6-9-26-10-7-25/h1-5,13-15H,6-12,16H2. The molecule has 6 heteroatoms. The topological polar surface area (TPSA) is 43.8 Å². The van der Waals surface area contributed by atoms with Crippen LogP contribution in [0.3, 0.4) is 0 Å². The molecule has 0 spiro atoms. The van der Waals surface area contributed by atoms with Crippen molar-refractivity contribution in [2.24, 2.45) is 0 Å². The van der Waals surface area contributed by atoms with E-state index in [0.717, 1.165) is 72.4 Å². The van der Waals surface area contributed by atoms with Crippen molar-refractivity contribution in [3.05, 3.63) is 59.7 Å². The molecule has 0 atom stereocenters. The Bertz CT molecular complexity index is 990. The Kier molecular flexibility index (Phi) is 5.56. The van der Waals surface area contributed by atoms with Gasteiger partial charge in [0.05, 0.1) is 18.7 Å². The fourth-order valence-electron chi connectivity index (χ4n) is 3.75. The van der Waals surface area contributed by atoms with Crippen molar-refractivity contribution in [2.75, 3.05) is 45.4 Å². The number of pyridine rings is 1. The van der Waals surface area contributed by atoms with Gasteiger partial charge in [-0.3, -0.25) is 4.90 Å². The summed E-state index contributed by atoms with van der Waals surface area (Å²) in [5.41, 5.74) is 3.51. The summed E-state index contributed by atoms with van der Waals surface area (Å²) in [4.78, 5) is 7.48. The zero-order chi connectivity index (χ0) is 19.5. The van der Waals surface area contributed by atoms with Gasteiger partial charge in [0.15, 0.2) is 11.5 Å². The maximum atomic E-state index is 5.56. The molecular formula is C23H24N2O3S. The smallest absolute Gasteiger partial charge is 0.231 e. The Balaban J connectivity index is 1.42. The first kappa shape index (κ1) is 18.7. The van der Waals surface area contributed by atoms with Crippen LogP contribution in [-0.2, 0) is 11.2 Å². The van der Waals surface area contributed by atoms with Crippen molar-refractivity contribution in [2.45, 2.75) is 11.4 Å². The summed E-state index contributed by atoms with van der Waals surface area (Å²) in [5.74, 6) is 2.60. The number of benzene rings is 2. The number of rotatable bonds is 6. The molecular weight excluding hydrogens is 384 g/mol. The molecule has 1 aromatic heterocycles. The van der Waals surface area contributed by atoms with Gasteiger partial charge < -0.3 is 14.2 Å². The van der Waals surface area contributed by atoms with Crippen LogP contribution >= 0.6 is 11.8 Å². The number of hydrogen-bond donors (Lipinski definition) is 0. The highest BCUT2D eigenvalue weighted by Crippen LogP contribution is 2.37. The van der Waals surface area contributed by atoms with Gasteiger partial charge in [0, 0.05) is 43.3 Å². The SMILES string of the molecule is c1ccc(Cc2cc3cc4c(cc3nc2SCCN2CCOCC2)OCO4)cc1. The fourth-order valence-corrected chi connectivity index (χ4v) is 4.78. The molecule has 2 aliphatic rings. The summed E-state index contributed by atoms with van der Waals surface area (Å²) >= 11 is 1.84. The van der Waals surface area contributed by atoms with Gasteiger partial charge in [-0.2, -0.15) is 0 Å². The second kappa shape index (κ2) is 8.61. The maximum absolute atomic E-state index is 5.56. The Labute approximate surface area is 175 Å². The average Bonchev–Trinajstić information content (AvgIpc) is 3.21. The molecule has 1 fully saturated rings. The quantitative estimate of drug-likeness (QED) is 0.575. The van der Waals surface area contributed by atoms with Crippen LogP contribution in [0.1, 0.15) is 11.1 Å². The van der Waals surface area contributed by atoms with Crippen LogP contribution in [0.15, 0.2) is 53.6 Å². The lowest BCUT2D eigenvalue weighted by Gasteiger charge is -2.26. The summed E-state index contributed by atoms with van der Waals surface area (Å²) in [6.45, 7) is 5.05. The van der Waals surface area contributed by atoms with Gasteiger partial charge in [0.2, 0.25) is 6.79 Å². The van der Waals surface area contributed by atoms with Gasteiger partial charge in [0.25, 0.3) is 0 Å². The van der Waals surface area contributed by atoms with E-state index < -0.39 is 0 Å². The first-order valence-electron chi connectivity index (χ1n) is 10.1. The minimum Gasteiger partial charge on any atom is -0.454 e. The van der Waals surface area contributed by atoms with Crippen LogP contribution < -0.4 is 9.47 Å². The molecule has 29 heavy (non-hydrogen) atoms. The molecule has 0 bridgehead atoms. The number of aromatic nitrogens is 1. The first-order valence-corrected chi connectivity index (χ1v) is 11.0. The molecule has 0 aliphatic carbocycles. The Morgan fingerprint density at radius 1 is 0.966 bits per heavy atom. The molecule has 3 heterocycles. The van der Waals surface area contributed by atoms with E-state index in [9.17, 15) is 0 Å². The van der Waals surface area contributed by atoms with E-state index in [1.165, 1.54) is 11.1 Å². The predicted octanol–water partition coefficient (Wildman–Crippen LogP) is 3.98. The lowest BCUT2D eigenvalue weighted by molar-refractivity contribution is 0.0410. The monoisotopic (exact) mass is 408 g/mol. The molecule has 2 aliphatic heterocycles. The highest BCUT2D eigenvalue weighted by Gasteiger charge is 2.17. The van der Waals surface area contributed by atoms with Crippen LogP contribution in [-0.4, -0.2) is 55.3 Å². The summed E-state index contributed by atoms with van der Waals surface area (Å²) in [5, 5.41) is 2.20. The normalized spacial score (nSPS) is 16.4. The van der Waals surface area contributed by atoms with Crippen molar-refractivity contribution in [3.8, 4) is 11.5 Å². The third-order valence-electron chi connectivity index (χ3n) is 5.34. The van der Waals surface area contributed by atoms with E-state index in [2.05, 4.69) is 41.3 Å². The maximum Gasteiger partial charge on any atom is 0.231 e. The molecule has 0 saturated carbocycles. The summed E-state index contributed by atoms with van der Waals surface area (Å²) < 4.78 is 16.6. The fraction of sp³-hybridized carbons (Fsp3) is 0.348. The number of morpholine rings is 1. The second-order valence-corrected chi connectivity index (χ2v) is 8.40. The Hall–Kier alpha value is -2.28. The van der Waals surface area contributed by atoms with Crippen LogP contribution in [0.2, 0.25) is 0 Å². The number of ether oxygens (including phenoxy) is 3. The summed E-state index contributed by atoms with van der Waals surface area (Å²) in [6, 6.07) is 16.9. The van der Waals surface area contributed by atoms with Crippen molar-refractivity contribution in [1.29, 1.82) is 0 Å². The number of thioether (sulfide) groups is 1. The summed E-state index contributed by atoms with van der Waals surface area (Å²) in [6.07, 6.45) is 0.873. The molecule has 150 valence electrons. The lowest BCUT2D eigenvalue weighted by Crippen LogP contribution is -2.37. The summed E-state index contributed by atoms with van der Waals surface area (Å²) in [7, 11) is 0. The van der Waals surface area contributed by atoms with E-state index >= 15 is 0 Å². The largest absolute Gasteiger partial charge is 0.454 e. The molecule has 5 rings (SSSR count). The van der Waals surface area contributed by atoms with Gasteiger partial charge in [-0.25, -0.2) is 4.98 Å². The average molecular weight is 409 g/mol. The van der Waals surface area contributed by atoms with Crippen molar-refractivity contribution in [1.82, 2.24) is 9.88 Å². The Morgan fingerprint density at radius 3 is 2.59 bits per heavy atom. The zero-order valence-electron chi connectivity index (χ0n) is 16.3. The van der Waals surface area contributed by atoms with Crippen molar-refractivity contribution >= 4 is 22.7 Å². The lowest BCUT2D eigenvalue weighted by atomic mass is 10.0. The second-order valence-electron chi connectivity index (χ2n) is 7.32. The van der Waals surface area contributed by atoms with Gasteiger partial charge in [-0.05, 0) is 23.3 Å². The number of hydrogen-bond acceptors (Lipinski definition) is 6. The van der Waals surface area contributed by atoms with Crippen LogP contribution in [0.5, 0.6) is 11.5 Å². The van der Waals surface area contributed by atoms with Gasteiger partial charge in [-0.1, -0.05) is 30.3 Å². The molecule has 1 saturated heterocycles. The molecule has 3 aromatic rings. The van der Waals surface area contributed by atoms with Crippen LogP contribution in [0, 0.1) is 0 Å². The van der Waals surface area contributed by atoms with E-state index in [0.29, 0.717) is 0 Å². The van der Waals surface area contributed by atoms with Gasteiger partial charge in [-0.15, -0.1) is 11.8 Å².